The van der Waals surface area contributed by atoms with E-state index in [0.29, 0.717) is 6.04 Å². The second-order valence-corrected chi connectivity index (χ2v) is 6.69. The zero-order valence-electron chi connectivity index (χ0n) is 14.5. The molecule has 2 atom stereocenters. The Morgan fingerprint density at radius 3 is 2.25 bits per heavy atom. The maximum Gasteiger partial charge on any atom is 0.290 e. The minimum atomic E-state index is -0.250. The number of hydrogen-bond acceptors (Lipinski definition) is 4. The molecule has 2 fully saturated rings. The van der Waals surface area contributed by atoms with Crippen molar-refractivity contribution in [1.82, 2.24) is 14.5 Å². The lowest BCUT2D eigenvalue weighted by Gasteiger charge is -2.41. The molecule has 24 heavy (non-hydrogen) atoms. The van der Waals surface area contributed by atoms with E-state index in [4.69, 9.17) is 19.8 Å². The van der Waals surface area contributed by atoms with Crippen LogP contribution in [0, 0.1) is 11.8 Å². The van der Waals surface area contributed by atoms with Crippen molar-refractivity contribution < 1.29 is 19.8 Å². The Bertz CT molecular complexity index is 472. The molecule has 136 valence electrons. The summed E-state index contributed by atoms with van der Waals surface area (Å²) in [6, 6.07) is 0.520. The van der Waals surface area contributed by atoms with Crippen LogP contribution in [0.3, 0.4) is 0 Å². The number of nitrogens with zero attached hydrogens (tertiary/aromatic N) is 3. The van der Waals surface area contributed by atoms with Crippen molar-refractivity contribution in [2.75, 3.05) is 13.1 Å². The molecule has 1 aromatic heterocycles. The number of likely N-dealkylation sites (tertiary alicyclic amines) is 1. The van der Waals surface area contributed by atoms with Crippen molar-refractivity contribution in [1.29, 1.82) is 0 Å². The highest BCUT2D eigenvalue weighted by molar-refractivity contribution is 5.33. The molecule has 2 heterocycles. The third-order valence-electron chi connectivity index (χ3n) is 4.61. The topological polar surface area (TPSA) is 95.7 Å². The first-order valence-corrected chi connectivity index (χ1v) is 8.44. The molecule has 3 rings (SSSR count). The number of rotatable bonds is 3. The van der Waals surface area contributed by atoms with Crippen LogP contribution >= 0.6 is 0 Å². The Labute approximate surface area is 143 Å². The maximum atomic E-state index is 8.36. The van der Waals surface area contributed by atoms with Gasteiger partial charge in [-0.1, -0.05) is 6.42 Å². The van der Waals surface area contributed by atoms with Crippen LogP contribution in [-0.2, 0) is 16.1 Å². The van der Waals surface area contributed by atoms with Gasteiger partial charge < -0.3 is 14.8 Å². The second-order valence-electron chi connectivity index (χ2n) is 6.69. The van der Waals surface area contributed by atoms with Gasteiger partial charge in [-0.15, -0.1) is 0 Å². The number of piperidine rings is 1. The van der Waals surface area contributed by atoms with Gasteiger partial charge in [0.1, 0.15) is 0 Å². The summed E-state index contributed by atoms with van der Waals surface area (Å²) in [5.41, 5.74) is 1.38. The normalized spacial score (nSPS) is 22.6. The molecule has 1 aromatic rings. The molecule has 1 saturated heterocycles. The third-order valence-corrected chi connectivity index (χ3v) is 4.61. The predicted molar refractivity (Wildman–Crippen MR) is 90.7 cm³/mol. The van der Waals surface area contributed by atoms with Crippen molar-refractivity contribution in [3.05, 3.63) is 18.2 Å². The summed E-state index contributed by atoms with van der Waals surface area (Å²) in [5.74, 6) is 1.93. The van der Waals surface area contributed by atoms with Crippen molar-refractivity contribution in [3.8, 4) is 0 Å². The van der Waals surface area contributed by atoms with Gasteiger partial charge in [0.2, 0.25) is 0 Å². The quantitative estimate of drug-likeness (QED) is 0.822. The van der Waals surface area contributed by atoms with Crippen LogP contribution in [0.15, 0.2) is 12.5 Å². The van der Waals surface area contributed by atoms with Crippen LogP contribution in [0.1, 0.15) is 51.3 Å². The van der Waals surface area contributed by atoms with Gasteiger partial charge in [0.05, 0.1) is 12.0 Å². The minimum Gasteiger partial charge on any atom is -0.483 e. The largest absolute Gasteiger partial charge is 0.483 e. The summed E-state index contributed by atoms with van der Waals surface area (Å²) in [6.45, 7) is 7.66. The Morgan fingerprint density at radius 1 is 1.21 bits per heavy atom. The van der Waals surface area contributed by atoms with E-state index in [-0.39, 0.29) is 12.9 Å². The van der Waals surface area contributed by atoms with Gasteiger partial charge in [0, 0.05) is 31.9 Å². The molecule has 0 aromatic carbocycles. The first-order chi connectivity index (χ1) is 11.5. The molecule has 7 heteroatoms. The smallest absolute Gasteiger partial charge is 0.290 e. The molecule has 0 spiro atoms. The van der Waals surface area contributed by atoms with Crippen LogP contribution < -0.4 is 0 Å². The summed E-state index contributed by atoms with van der Waals surface area (Å²) in [6.07, 6.45) is 9.88. The number of aromatic nitrogens is 2. The highest BCUT2D eigenvalue weighted by Crippen LogP contribution is 2.34. The number of hydrogen-bond donors (Lipinski definition) is 2. The zero-order chi connectivity index (χ0) is 17.9. The predicted octanol–water partition coefficient (Wildman–Crippen LogP) is 2.49. The standard InChI is InChI=1S/C15H25N3.2CH2O2/c1-12(2)18-11-16-7-15(18)10-17-8-13-4-3-5-14(6-13)9-17;2*2-1-3/h7,11-14H,3-6,8-10H2,1-2H3;2*1H,(H,2,3). The average Bonchev–Trinajstić information content (AvgIpc) is 2.97. The monoisotopic (exact) mass is 339 g/mol. The van der Waals surface area contributed by atoms with Crippen LogP contribution in [0.2, 0.25) is 0 Å². The van der Waals surface area contributed by atoms with Gasteiger partial charge >= 0.3 is 0 Å². The van der Waals surface area contributed by atoms with E-state index < -0.39 is 0 Å². The van der Waals surface area contributed by atoms with E-state index in [1.165, 1.54) is 44.5 Å². The first kappa shape index (κ1) is 20.2. The summed E-state index contributed by atoms with van der Waals surface area (Å²) < 4.78 is 2.31. The van der Waals surface area contributed by atoms with Crippen LogP contribution in [0.4, 0.5) is 0 Å². The van der Waals surface area contributed by atoms with E-state index in [9.17, 15) is 0 Å². The van der Waals surface area contributed by atoms with Crippen LogP contribution in [0.5, 0.6) is 0 Å². The fourth-order valence-electron chi connectivity index (χ4n) is 3.82. The van der Waals surface area contributed by atoms with E-state index in [0.717, 1.165) is 18.4 Å². The Kier molecular flexibility index (Phi) is 9.07. The third kappa shape index (κ3) is 6.31. The molecule has 2 unspecified atom stereocenters. The Morgan fingerprint density at radius 2 is 1.75 bits per heavy atom. The molecule has 7 nitrogen and oxygen atoms in total. The lowest BCUT2D eigenvalue weighted by atomic mass is 9.78. The molecular formula is C17H29N3O4. The van der Waals surface area contributed by atoms with Crippen molar-refractivity contribution >= 4 is 12.9 Å². The van der Waals surface area contributed by atoms with Gasteiger partial charge in [0.15, 0.2) is 0 Å². The Balaban J connectivity index is 0.000000423. The lowest BCUT2D eigenvalue weighted by molar-refractivity contribution is -0.123. The van der Waals surface area contributed by atoms with Gasteiger partial charge in [0.25, 0.3) is 12.9 Å². The molecular weight excluding hydrogens is 310 g/mol. The van der Waals surface area contributed by atoms with Gasteiger partial charge in [-0.2, -0.15) is 0 Å². The summed E-state index contributed by atoms with van der Waals surface area (Å²) in [5, 5.41) is 13.8. The van der Waals surface area contributed by atoms with E-state index in [2.05, 4.69) is 28.3 Å². The molecule has 0 amide bonds. The first-order valence-electron chi connectivity index (χ1n) is 8.44. The van der Waals surface area contributed by atoms with E-state index in [1.807, 2.05) is 12.5 Å². The minimum absolute atomic E-state index is 0.250. The van der Waals surface area contributed by atoms with E-state index in [1.54, 1.807) is 0 Å². The van der Waals surface area contributed by atoms with Crippen LogP contribution in [-0.4, -0.2) is 50.7 Å². The summed E-state index contributed by atoms with van der Waals surface area (Å²) >= 11 is 0. The average molecular weight is 339 g/mol. The summed E-state index contributed by atoms with van der Waals surface area (Å²) in [7, 11) is 0. The molecule has 2 aliphatic rings. The van der Waals surface area contributed by atoms with Crippen molar-refractivity contribution in [2.24, 2.45) is 11.8 Å². The Hall–Kier alpha value is -1.89. The molecule has 2 N–H and O–H groups in total. The number of carboxylic acid groups (broad SMARTS) is 2. The fourth-order valence-corrected chi connectivity index (χ4v) is 3.82. The SMILES string of the molecule is CC(C)n1cncc1CN1CC2CCCC(C2)C1.O=CO.O=CO. The fraction of sp³-hybridized carbons (Fsp3) is 0.706. The molecule has 0 radical (unpaired) electrons. The maximum absolute atomic E-state index is 8.36. The number of fused-ring (bicyclic) bond motifs is 2. The molecule has 2 bridgehead atoms. The lowest BCUT2D eigenvalue weighted by Crippen LogP contribution is -2.42. The second kappa shape index (κ2) is 10.8. The van der Waals surface area contributed by atoms with Gasteiger partial charge in [-0.25, -0.2) is 4.98 Å². The summed E-state index contributed by atoms with van der Waals surface area (Å²) in [4.78, 5) is 23.7. The number of carbonyl (C=O) groups is 2. The van der Waals surface area contributed by atoms with Crippen molar-refractivity contribution in [2.45, 2.75) is 52.1 Å². The number of imidazole rings is 1. The molecule has 1 aliphatic carbocycles. The van der Waals surface area contributed by atoms with Gasteiger partial charge in [-0.05, 0) is 44.9 Å². The van der Waals surface area contributed by atoms with Crippen molar-refractivity contribution in [3.63, 3.8) is 0 Å². The van der Waals surface area contributed by atoms with E-state index >= 15 is 0 Å². The van der Waals surface area contributed by atoms with Gasteiger partial charge in [-0.3, -0.25) is 14.5 Å². The zero-order valence-corrected chi connectivity index (χ0v) is 14.5. The highest BCUT2D eigenvalue weighted by Gasteiger charge is 2.30. The van der Waals surface area contributed by atoms with Crippen LogP contribution in [0.25, 0.3) is 0 Å². The molecule has 1 saturated carbocycles. The molecule has 1 aliphatic heterocycles. The highest BCUT2D eigenvalue weighted by atomic mass is 16.3.